The molecule has 4 atom stereocenters. The van der Waals surface area contributed by atoms with E-state index < -0.39 is 60.3 Å². The third-order valence-electron chi connectivity index (χ3n) is 6.23. The Morgan fingerprint density at radius 2 is 1.36 bits per heavy atom. The molecule has 4 amide bonds. The minimum Gasteiger partial charge on any atom is -0.508 e. The van der Waals surface area contributed by atoms with Crippen molar-refractivity contribution < 1.29 is 34.2 Å². The molecule has 0 spiro atoms. The largest absolute Gasteiger partial charge is 0.508 e. The van der Waals surface area contributed by atoms with Crippen molar-refractivity contribution in [2.75, 3.05) is 6.54 Å². The fourth-order valence-corrected chi connectivity index (χ4v) is 4.09. The number of phenols is 1. The van der Waals surface area contributed by atoms with Crippen molar-refractivity contribution in [3.63, 3.8) is 0 Å². The van der Waals surface area contributed by atoms with Crippen molar-refractivity contribution in [3.8, 4) is 5.75 Å². The molecule has 0 aromatic heterocycles. The van der Waals surface area contributed by atoms with E-state index in [1.807, 2.05) is 13.8 Å². The molecule has 0 saturated carbocycles. The molecule has 2 rings (SSSR count). The van der Waals surface area contributed by atoms with Gasteiger partial charge in [-0.3, -0.25) is 19.2 Å². The number of carbonyl (C=O) groups excluding carboxylic acids is 4. The first-order chi connectivity index (χ1) is 19.7. The van der Waals surface area contributed by atoms with Crippen LogP contribution in [-0.4, -0.2) is 70.5 Å². The molecule has 12 nitrogen and oxygen atoms in total. The van der Waals surface area contributed by atoms with E-state index in [1.165, 1.54) is 19.1 Å². The average Bonchev–Trinajstić information content (AvgIpc) is 2.92. The number of amides is 4. The molecule has 0 aliphatic carbocycles. The fourth-order valence-electron chi connectivity index (χ4n) is 3.96. The first kappa shape index (κ1) is 34.0. The summed E-state index contributed by atoms with van der Waals surface area (Å²) >= 11 is 5.94. The van der Waals surface area contributed by atoms with E-state index >= 15 is 0 Å². The Bertz CT molecular complexity index is 1240. The molecular weight excluding hydrogens is 566 g/mol. The van der Waals surface area contributed by atoms with Crippen molar-refractivity contribution in [2.45, 2.75) is 64.2 Å². The van der Waals surface area contributed by atoms with Crippen LogP contribution in [0.2, 0.25) is 5.02 Å². The topological polar surface area (TPSA) is 200 Å². The van der Waals surface area contributed by atoms with Crippen LogP contribution in [0.3, 0.4) is 0 Å². The summed E-state index contributed by atoms with van der Waals surface area (Å²) in [6, 6.07) is 8.55. The zero-order valence-corrected chi connectivity index (χ0v) is 24.5. The summed E-state index contributed by atoms with van der Waals surface area (Å²) in [5, 5.41) is 29.3. The lowest BCUT2D eigenvalue weighted by Crippen LogP contribution is -2.55. The number of rotatable bonds is 15. The molecule has 0 fully saturated rings. The molecule has 0 radical (unpaired) electrons. The lowest BCUT2D eigenvalue weighted by Gasteiger charge is -2.23. The van der Waals surface area contributed by atoms with Gasteiger partial charge in [0.05, 0.1) is 12.6 Å². The van der Waals surface area contributed by atoms with Crippen LogP contribution in [0.1, 0.15) is 38.3 Å². The van der Waals surface area contributed by atoms with Gasteiger partial charge in [-0.15, -0.1) is 0 Å². The van der Waals surface area contributed by atoms with Crippen molar-refractivity contribution in [3.05, 3.63) is 64.7 Å². The number of carboxylic acid groups (broad SMARTS) is 1. The summed E-state index contributed by atoms with van der Waals surface area (Å²) in [6.07, 6.45) is 0.420. The normalized spacial score (nSPS) is 13.8. The molecule has 0 heterocycles. The number of hydrogen-bond acceptors (Lipinski definition) is 7. The molecule has 0 aliphatic rings. The molecule has 0 bridgehead atoms. The quantitative estimate of drug-likeness (QED) is 0.155. The van der Waals surface area contributed by atoms with Crippen LogP contribution in [0.5, 0.6) is 5.75 Å². The first-order valence-corrected chi connectivity index (χ1v) is 13.8. The molecular formula is C29H38ClN5O7. The maximum atomic E-state index is 13.1. The van der Waals surface area contributed by atoms with Gasteiger partial charge >= 0.3 is 5.97 Å². The number of phenolic OH excluding ortho intramolecular Hbond substituents is 1. The van der Waals surface area contributed by atoms with Gasteiger partial charge in [0.15, 0.2) is 0 Å². The van der Waals surface area contributed by atoms with Gasteiger partial charge in [-0.25, -0.2) is 4.79 Å². The van der Waals surface area contributed by atoms with E-state index in [0.29, 0.717) is 10.6 Å². The van der Waals surface area contributed by atoms with Crippen molar-refractivity contribution in [1.82, 2.24) is 21.3 Å². The highest BCUT2D eigenvalue weighted by Gasteiger charge is 2.28. The minimum absolute atomic E-state index is 0.00393. The van der Waals surface area contributed by atoms with Gasteiger partial charge in [-0.2, -0.15) is 0 Å². The number of aliphatic carboxylic acids is 1. The van der Waals surface area contributed by atoms with Crippen molar-refractivity contribution in [2.24, 2.45) is 11.7 Å². The second-order valence-corrected chi connectivity index (χ2v) is 10.8. The predicted molar refractivity (Wildman–Crippen MR) is 157 cm³/mol. The van der Waals surface area contributed by atoms with E-state index in [2.05, 4.69) is 21.3 Å². The van der Waals surface area contributed by atoms with E-state index in [9.17, 15) is 34.2 Å². The van der Waals surface area contributed by atoms with Gasteiger partial charge in [-0.1, -0.05) is 49.7 Å². The molecule has 228 valence electrons. The highest BCUT2D eigenvalue weighted by Crippen LogP contribution is 2.13. The molecule has 8 N–H and O–H groups in total. The summed E-state index contributed by atoms with van der Waals surface area (Å²) in [5.74, 6) is -3.74. The number of hydrogen-bond donors (Lipinski definition) is 7. The van der Waals surface area contributed by atoms with Crippen LogP contribution in [-0.2, 0) is 36.8 Å². The van der Waals surface area contributed by atoms with Gasteiger partial charge < -0.3 is 37.2 Å². The molecule has 0 aliphatic heterocycles. The van der Waals surface area contributed by atoms with Crippen LogP contribution in [0.4, 0.5) is 0 Å². The minimum atomic E-state index is -1.19. The maximum Gasteiger partial charge on any atom is 0.326 e. The molecule has 13 heteroatoms. The zero-order chi connectivity index (χ0) is 31.4. The number of halogens is 1. The maximum absolute atomic E-state index is 13.1. The third-order valence-corrected chi connectivity index (χ3v) is 6.48. The predicted octanol–water partition coefficient (Wildman–Crippen LogP) is 0.879. The Kier molecular flexibility index (Phi) is 13.2. The SMILES string of the molecule is CC(C)C[C@@H](NC(=O)[C@H](Cc1ccc(Cl)cc1)NC(=O)CNC(=O)[C@@H](C)NC(=O)[C@@H](N)Cc1ccc(O)cc1)C(=O)O. The van der Waals surface area contributed by atoms with Crippen LogP contribution in [0, 0.1) is 5.92 Å². The molecule has 2 aromatic carbocycles. The summed E-state index contributed by atoms with van der Waals surface area (Å²) in [7, 11) is 0. The smallest absolute Gasteiger partial charge is 0.326 e. The van der Waals surface area contributed by atoms with Crippen LogP contribution >= 0.6 is 11.6 Å². The lowest BCUT2D eigenvalue weighted by atomic mass is 10.0. The number of carboxylic acids is 1. The molecule has 0 unspecified atom stereocenters. The lowest BCUT2D eigenvalue weighted by molar-refractivity contribution is -0.142. The van der Waals surface area contributed by atoms with Crippen LogP contribution < -0.4 is 27.0 Å². The summed E-state index contributed by atoms with van der Waals surface area (Å²) in [6.45, 7) is 4.57. The van der Waals surface area contributed by atoms with Gasteiger partial charge in [0.25, 0.3) is 0 Å². The molecule has 42 heavy (non-hydrogen) atoms. The van der Waals surface area contributed by atoms with Crippen LogP contribution in [0.25, 0.3) is 0 Å². The Balaban J connectivity index is 1.96. The Morgan fingerprint density at radius 3 is 1.93 bits per heavy atom. The van der Waals surface area contributed by atoms with Crippen molar-refractivity contribution >= 4 is 41.2 Å². The van der Waals surface area contributed by atoms with E-state index in [-0.39, 0.29) is 30.9 Å². The summed E-state index contributed by atoms with van der Waals surface area (Å²) in [5.41, 5.74) is 7.33. The highest BCUT2D eigenvalue weighted by atomic mass is 35.5. The average molecular weight is 604 g/mol. The molecule has 0 saturated heterocycles. The number of nitrogens with two attached hydrogens (primary N) is 1. The van der Waals surface area contributed by atoms with E-state index in [4.69, 9.17) is 17.3 Å². The van der Waals surface area contributed by atoms with Crippen molar-refractivity contribution in [1.29, 1.82) is 0 Å². The zero-order valence-electron chi connectivity index (χ0n) is 23.7. The second-order valence-electron chi connectivity index (χ2n) is 10.4. The summed E-state index contributed by atoms with van der Waals surface area (Å²) in [4.78, 5) is 62.4. The Morgan fingerprint density at radius 1 is 0.786 bits per heavy atom. The highest BCUT2D eigenvalue weighted by molar-refractivity contribution is 6.30. The number of nitrogens with one attached hydrogen (secondary N) is 4. The molecule has 2 aromatic rings. The van der Waals surface area contributed by atoms with Gasteiger partial charge in [0, 0.05) is 11.4 Å². The van der Waals surface area contributed by atoms with Gasteiger partial charge in [0.2, 0.25) is 23.6 Å². The number of aromatic hydroxyl groups is 1. The second kappa shape index (κ2) is 16.3. The number of carbonyl (C=O) groups is 5. The first-order valence-electron chi connectivity index (χ1n) is 13.4. The Hall–Kier alpha value is -4.16. The standard InChI is InChI=1S/C29H38ClN5O7/c1-16(2)12-24(29(41)42)35-28(40)23(14-19-4-8-20(30)9-5-19)34-25(37)15-32-26(38)17(3)33-27(39)22(31)13-18-6-10-21(36)11-7-18/h4-11,16-17,22-24,36H,12-15,31H2,1-3H3,(H,32,38)(H,33,39)(H,34,37)(H,35,40)(H,41,42)/t17-,22+,23+,24-/m1/s1. The fraction of sp³-hybridized carbons (Fsp3) is 0.414. The summed E-state index contributed by atoms with van der Waals surface area (Å²) < 4.78 is 0. The van der Waals surface area contributed by atoms with Gasteiger partial charge in [0.1, 0.15) is 23.9 Å². The number of benzene rings is 2. The van der Waals surface area contributed by atoms with Crippen LogP contribution in [0.15, 0.2) is 48.5 Å². The Labute approximate surface area is 249 Å². The van der Waals surface area contributed by atoms with Gasteiger partial charge in [-0.05, 0) is 61.1 Å². The monoisotopic (exact) mass is 603 g/mol. The van der Waals surface area contributed by atoms with E-state index in [1.54, 1.807) is 36.4 Å². The van der Waals surface area contributed by atoms with E-state index in [0.717, 1.165) is 5.56 Å². The third kappa shape index (κ3) is 11.8.